The molecule has 0 spiro atoms. The third kappa shape index (κ3) is 5.54. The van der Waals surface area contributed by atoms with E-state index in [2.05, 4.69) is 54.8 Å². The number of nitrogens with zero attached hydrogens (tertiary/aromatic N) is 3. The molecule has 3 aliphatic heterocycles. The quantitative estimate of drug-likeness (QED) is 0.313. The van der Waals surface area contributed by atoms with E-state index in [1.54, 1.807) is 0 Å². The number of benzene rings is 2. The van der Waals surface area contributed by atoms with Crippen LogP contribution in [0.2, 0.25) is 0 Å². The van der Waals surface area contributed by atoms with E-state index in [0.29, 0.717) is 25.6 Å². The van der Waals surface area contributed by atoms with Gasteiger partial charge in [0.2, 0.25) is 0 Å². The molecule has 1 aromatic heterocycles. The molecule has 1 N–H and O–H groups in total. The maximum atomic E-state index is 12.0. The van der Waals surface area contributed by atoms with E-state index in [1.165, 1.54) is 22.3 Å². The van der Waals surface area contributed by atoms with E-state index in [4.69, 9.17) is 14.5 Å². The molecule has 2 saturated heterocycles. The van der Waals surface area contributed by atoms with E-state index in [0.717, 1.165) is 74.0 Å². The van der Waals surface area contributed by atoms with Gasteiger partial charge in [-0.05, 0) is 91.5 Å². The van der Waals surface area contributed by atoms with Crippen molar-refractivity contribution < 1.29 is 50.5 Å². The fourth-order valence-corrected chi connectivity index (χ4v) is 7.63. The van der Waals surface area contributed by atoms with Crippen LogP contribution in [0, 0.1) is 63.2 Å². The molecule has 7 rings (SSSR count). The molecule has 0 bridgehead atoms. The predicted octanol–water partition coefficient (Wildman–Crippen LogP) is 5.60. The first-order chi connectivity index (χ1) is 20.3. The third-order valence-electron chi connectivity index (χ3n) is 10.2. The zero-order chi connectivity index (χ0) is 29.0. The number of anilines is 1. The van der Waals surface area contributed by atoms with E-state index in [-0.39, 0.29) is 43.1 Å². The van der Waals surface area contributed by atoms with Gasteiger partial charge < -0.3 is 26.4 Å². The van der Waals surface area contributed by atoms with Crippen LogP contribution in [0.15, 0.2) is 48.5 Å². The second-order valence-electron chi connectivity index (χ2n) is 12.7. The van der Waals surface area contributed by atoms with Gasteiger partial charge in [-0.3, -0.25) is 9.69 Å². The number of ether oxygens (including phenoxy) is 2. The van der Waals surface area contributed by atoms with Gasteiger partial charge in [-0.2, -0.15) is 0 Å². The van der Waals surface area contributed by atoms with Gasteiger partial charge >= 0.3 is 5.97 Å². The monoisotopic (exact) mass is 804 g/mol. The van der Waals surface area contributed by atoms with Gasteiger partial charge in [-0.15, -0.1) is 0 Å². The largest absolute Gasteiger partial charge is 0.488 e. The van der Waals surface area contributed by atoms with Gasteiger partial charge in [-0.25, -0.2) is 4.98 Å². The number of hydrogen-bond donors (Lipinski definition) is 1. The van der Waals surface area contributed by atoms with Gasteiger partial charge in [0.05, 0.1) is 11.1 Å². The summed E-state index contributed by atoms with van der Waals surface area (Å²) in [7, 11) is 0. The van der Waals surface area contributed by atoms with Crippen molar-refractivity contribution in [2.75, 3.05) is 31.2 Å². The van der Waals surface area contributed by atoms with E-state index in [9.17, 15) is 9.90 Å². The summed E-state index contributed by atoms with van der Waals surface area (Å²) < 4.78 is 12.2. The Morgan fingerprint density at radius 3 is 2.70 bits per heavy atom. The van der Waals surface area contributed by atoms with Crippen molar-refractivity contribution in [2.45, 2.75) is 64.8 Å². The molecule has 3 fully saturated rings. The Morgan fingerprint density at radius 2 is 1.93 bits per heavy atom. The van der Waals surface area contributed by atoms with Gasteiger partial charge in [0.25, 0.3) is 0 Å². The first-order valence-corrected chi connectivity index (χ1v) is 15.3. The van der Waals surface area contributed by atoms with Crippen LogP contribution < -0.4 is 9.64 Å². The maximum absolute atomic E-state index is 12.0. The molecule has 0 radical (unpaired) electrons. The van der Waals surface area contributed by atoms with Gasteiger partial charge in [0, 0.05) is 75.6 Å². The molecule has 4 heterocycles. The summed E-state index contributed by atoms with van der Waals surface area (Å²) in [4.78, 5) is 21.7. The molecule has 3 atom stereocenters. The van der Waals surface area contributed by atoms with Crippen molar-refractivity contribution in [1.29, 1.82) is 0 Å². The molecular formula is C35H40N3O4U-. The molecule has 7 nitrogen and oxygen atoms in total. The molecule has 0 amide bonds. The number of piperidine rings is 1. The van der Waals surface area contributed by atoms with Crippen molar-refractivity contribution in [3.8, 4) is 17.0 Å². The molecule has 4 aliphatic rings. The molecule has 3 aromatic rings. The predicted molar refractivity (Wildman–Crippen MR) is 163 cm³/mol. The first kappa shape index (κ1) is 30.6. The number of aromatic nitrogens is 1. The van der Waals surface area contributed by atoms with Gasteiger partial charge in [0.15, 0.2) is 0 Å². The average Bonchev–Trinajstić information content (AvgIpc) is 3.67. The summed E-state index contributed by atoms with van der Waals surface area (Å²) in [6.45, 7) is 13.6. The van der Waals surface area contributed by atoms with Crippen LogP contribution in [0.1, 0.15) is 47.1 Å². The Kier molecular flexibility index (Phi) is 8.70. The summed E-state index contributed by atoms with van der Waals surface area (Å²) >= 11 is 0. The van der Waals surface area contributed by atoms with Crippen molar-refractivity contribution in [2.24, 2.45) is 11.3 Å². The van der Waals surface area contributed by atoms with Crippen LogP contribution in [0.4, 0.5) is 5.82 Å². The minimum atomic E-state index is -0.741. The Labute approximate surface area is 278 Å². The van der Waals surface area contributed by atoms with Crippen LogP contribution in [-0.2, 0) is 29.1 Å². The van der Waals surface area contributed by atoms with E-state index in [1.807, 2.05) is 24.3 Å². The van der Waals surface area contributed by atoms with Gasteiger partial charge in [0.1, 0.15) is 18.2 Å². The number of rotatable bonds is 7. The van der Waals surface area contributed by atoms with Crippen molar-refractivity contribution >= 4 is 11.8 Å². The fraction of sp³-hybridized carbons (Fsp3) is 0.457. The van der Waals surface area contributed by atoms with Gasteiger partial charge in [-0.1, -0.05) is 36.4 Å². The van der Waals surface area contributed by atoms with Crippen LogP contribution >= 0.6 is 0 Å². The second-order valence-corrected chi connectivity index (χ2v) is 12.7. The molecule has 1 aliphatic carbocycles. The SMILES string of the molecule is [CH2-][C@@H]1N(c2cccc(-c3cccc(C)c3OCc3cc(C)c4c(c3)CCN(C3CCOCC3)C4)n2)C[C@H]2CC21C(=O)O.[U]. The number of para-hydroxylation sites is 1. The van der Waals surface area contributed by atoms with Crippen molar-refractivity contribution in [3.05, 3.63) is 83.3 Å². The number of hydrogen-bond acceptors (Lipinski definition) is 6. The Morgan fingerprint density at radius 1 is 1.14 bits per heavy atom. The summed E-state index contributed by atoms with van der Waals surface area (Å²) in [5.74, 6) is 1.01. The maximum Gasteiger partial charge on any atom is 0.309 e. The van der Waals surface area contributed by atoms with Crippen LogP contribution in [0.3, 0.4) is 0 Å². The van der Waals surface area contributed by atoms with Crippen molar-refractivity contribution in [3.63, 3.8) is 0 Å². The number of aryl methyl sites for hydroxylation is 2. The summed E-state index contributed by atoms with van der Waals surface area (Å²) in [6.07, 6.45) is 4.04. The normalized spacial score (nSPS) is 25.0. The third-order valence-corrected chi connectivity index (χ3v) is 10.2. The topological polar surface area (TPSA) is 75.1 Å². The Hall–Kier alpha value is -2.37. The van der Waals surface area contributed by atoms with Crippen LogP contribution in [0.25, 0.3) is 11.3 Å². The molecule has 224 valence electrons. The molecule has 1 unspecified atom stereocenters. The number of fused-ring (bicyclic) bond motifs is 2. The molecule has 1 saturated carbocycles. The number of pyridine rings is 1. The average molecular weight is 805 g/mol. The first-order valence-electron chi connectivity index (χ1n) is 15.3. The minimum Gasteiger partial charge on any atom is -0.488 e. The van der Waals surface area contributed by atoms with Crippen LogP contribution in [0.5, 0.6) is 5.75 Å². The number of carboxylic acid groups (broad SMARTS) is 1. The van der Waals surface area contributed by atoms with E-state index < -0.39 is 11.4 Å². The second kappa shape index (κ2) is 12.2. The fourth-order valence-electron chi connectivity index (χ4n) is 7.63. The zero-order valence-electron chi connectivity index (χ0n) is 25.1. The Bertz CT molecular complexity index is 1520. The smallest absolute Gasteiger partial charge is 0.309 e. The zero-order valence-corrected chi connectivity index (χ0v) is 29.3. The molecule has 8 heteroatoms. The summed E-state index contributed by atoms with van der Waals surface area (Å²) in [6, 6.07) is 17.0. The van der Waals surface area contributed by atoms with E-state index >= 15 is 0 Å². The summed E-state index contributed by atoms with van der Waals surface area (Å²) in [5, 5.41) is 9.84. The van der Waals surface area contributed by atoms with Crippen molar-refractivity contribution in [1.82, 2.24) is 9.88 Å². The Balaban J connectivity index is 0.00000329. The number of carbonyl (C=O) groups is 1. The summed E-state index contributed by atoms with van der Waals surface area (Å²) in [5.41, 5.74) is 7.54. The molecular weight excluding hydrogens is 764 g/mol. The van der Waals surface area contributed by atoms with Crippen LogP contribution in [-0.4, -0.2) is 59.3 Å². The number of carboxylic acids is 1. The minimum absolute atomic E-state index is 0. The molecule has 43 heavy (non-hydrogen) atoms. The standard InChI is InChI=1S/C35H40N3O4.U/c1-22-6-4-7-29(31-8-5-9-32(36-31)38-19-27-18-35(27,24(38)3)34(39)40)33(22)42-21-25-16-23(2)30-20-37(13-10-26(30)17-25)28-11-14-41-15-12-28;/h4-9,16-17,24,27-28H,3,10-15,18-21H2,1-2H3,(H,39,40);/q-1;/t24-,27+,35?;/m0./s1. The number of aliphatic carboxylic acids is 1. The molecule has 2 aromatic carbocycles.